The predicted octanol–water partition coefficient (Wildman–Crippen LogP) is 2.43. The average Bonchev–Trinajstić information content (AvgIpc) is 2.02. The van der Waals surface area contributed by atoms with Gasteiger partial charge in [0.1, 0.15) is 0 Å². The summed E-state index contributed by atoms with van der Waals surface area (Å²) in [6, 6.07) is 0. The van der Waals surface area contributed by atoms with E-state index in [1.54, 1.807) is 11.9 Å². The van der Waals surface area contributed by atoms with Crippen LogP contribution in [0, 0.1) is 0 Å². The molecule has 0 aliphatic carbocycles. The minimum atomic E-state index is -0.267. The molecule has 0 heterocycles. The number of allylic oxidation sites excluding steroid dienone is 1. The molecule has 0 aromatic heterocycles. The summed E-state index contributed by atoms with van der Waals surface area (Å²) < 4.78 is 5.02. The molecule has 13 heavy (non-hydrogen) atoms. The van der Waals surface area contributed by atoms with E-state index in [1.165, 1.54) is 0 Å². The number of carbonyl (C=O) groups is 1. The fraction of sp³-hybridized carbons (Fsp3) is 0.700. The van der Waals surface area contributed by atoms with Crippen LogP contribution in [0.2, 0.25) is 0 Å². The van der Waals surface area contributed by atoms with E-state index < -0.39 is 0 Å². The van der Waals surface area contributed by atoms with Crippen molar-refractivity contribution in [2.45, 2.75) is 33.8 Å². The van der Waals surface area contributed by atoms with Gasteiger partial charge in [0.2, 0.25) is 0 Å². The van der Waals surface area contributed by atoms with Gasteiger partial charge >= 0.3 is 6.09 Å². The molecular formula is C10H19NO2. The maximum Gasteiger partial charge on any atom is 0.410 e. The molecular weight excluding hydrogens is 166 g/mol. The number of nitrogens with zero attached hydrogens (tertiary/aromatic N) is 1. The minimum absolute atomic E-state index is 0.0548. The third kappa shape index (κ3) is 5.28. The standard InChI is InChI=1S/C10H19NO2/c1-6-9(4)7-11(5)10(12)13-8(2)3/h6,8H,7H2,1-5H3/b9-6+. The summed E-state index contributed by atoms with van der Waals surface area (Å²) in [5.41, 5.74) is 1.16. The second kappa shape index (κ2) is 5.62. The Labute approximate surface area is 80.4 Å². The van der Waals surface area contributed by atoms with Crippen molar-refractivity contribution in [1.29, 1.82) is 0 Å². The van der Waals surface area contributed by atoms with Crippen molar-refractivity contribution in [3.05, 3.63) is 11.6 Å². The zero-order valence-electron chi connectivity index (χ0n) is 9.13. The molecule has 0 aromatic rings. The number of hydrogen-bond donors (Lipinski definition) is 0. The highest BCUT2D eigenvalue weighted by molar-refractivity contribution is 5.67. The lowest BCUT2D eigenvalue weighted by Gasteiger charge is -2.18. The smallest absolute Gasteiger partial charge is 0.410 e. The number of hydrogen-bond acceptors (Lipinski definition) is 2. The molecule has 3 nitrogen and oxygen atoms in total. The van der Waals surface area contributed by atoms with Crippen LogP contribution in [0.15, 0.2) is 11.6 Å². The van der Waals surface area contributed by atoms with Gasteiger partial charge in [0.15, 0.2) is 0 Å². The van der Waals surface area contributed by atoms with Gasteiger partial charge in [0.05, 0.1) is 6.10 Å². The number of carbonyl (C=O) groups excluding carboxylic acids is 1. The Balaban J connectivity index is 3.97. The molecule has 0 rings (SSSR count). The molecule has 0 saturated carbocycles. The lowest BCUT2D eigenvalue weighted by atomic mass is 10.3. The molecule has 1 amide bonds. The summed E-state index contributed by atoms with van der Waals surface area (Å²) in [6.07, 6.45) is 1.66. The molecule has 0 N–H and O–H groups in total. The Bertz CT molecular complexity index is 197. The first kappa shape index (κ1) is 12.0. The zero-order valence-corrected chi connectivity index (χ0v) is 9.13. The van der Waals surface area contributed by atoms with Crippen molar-refractivity contribution in [2.75, 3.05) is 13.6 Å². The fourth-order valence-electron chi connectivity index (χ4n) is 0.822. The quantitative estimate of drug-likeness (QED) is 0.632. The monoisotopic (exact) mass is 185 g/mol. The highest BCUT2D eigenvalue weighted by Crippen LogP contribution is 2.00. The molecule has 0 aliphatic rings. The fourth-order valence-corrected chi connectivity index (χ4v) is 0.822. The van der Waals surface area contributed by atoms with Crippen molar-refractivity contribution in [2.24, 2.45) is 0 Å². The highest BCUT2D eigenvalue weighted by atomic mass is 16.6. The molecule has 0 atom stereocenters. The van der Waals surface area contributed by atoms with Crippen LogP contribution in [0.3, 0.4) is 0 Å². The van der Waals surface area contributed by atoms with E-state index in [0.29, 0.717) is 6.54 Å². The first-order valence-electron chi connectivity index (χ1n) is 4.51. The van der Waals surface area contributed by atoms with Crippen molar-refractivity contribution in [3.63, 3.8) is 0 Å². The van der Waals surface area contributed by atoms with Crippen LogP contribution in [0.25, 0.3) is 0 Å². The van der Waals surface area contributed by atoms with Crippen LogP contribution in [0.4, 0.5) is 4.79 Å². The SMILES string of the molecule is C/C=C(\C)CN(C)C(=O)OC(C)C. The first-order valence-corrected chi connectivity index (χ1v) is 4.51. The van der Waals surface area contributed by atoms with E-state index in [9.17, 15) is 4.79 Å². The molecule has 0 bridgehead atoms. The third-order valence-electron chi connectivity index (χ3n) is 1.63. The molecule has 0 aliphatic heterocycles. The van der Waals surface area contributed by atoms with Crippen molar-refractivity contribution < 1.29 is 9.53 Å². The first-order chi connectivity index (χ1) is 5.97. The Kier molecular flexibility index (Phi) is 5.19. The molecule has 76 valence electrons. The van der Waals surface area contributed by atoms with E-state index in [0.717, 1.165) is 5.57 Å². The van der Waals surface area contributed by atoms with Gasteiger partial charge in [-0.3, -0.25) is 0 Å². The van der Waals surface area contributed by atoms with Crippen LogP contribution in [0.1, 0.15) is 27.7 Å². The Morgan fingerprint density at radius 3 is 2.46 bits per heavy atom. The van der Waals surface area contributed by atoms with Crippen molar-refractivity contribution in [1.82, 2.24) is 4.90 Å². The van der Waals surface area contributed by atoms with Gasteiger partial charge in [-0.15, -0.1) is 0 Å². The Morgan fingerprint density at radius 1 is 1.54 bits per heavy atom. The molecule has 0 unspecified atom stereocenters. The molecule has 0 fully saturated rings. The van der Waals surface area contributed by atoms with Crippen molar-refractivity contribution >= 4 is 6.09 Å². The number of likely N-dealkylation sites (N-methyl/N-ethyl adjacent to an activating group) is 1. The molecule has 0 radical (unpaired) electrons. The minimum Gasteiger partial charge on any atom is -0.447 e. The average molecular weight is 185 g/mol. The van der Waals surface area contributed by atoms with E-state index in [-0.39, 0.29) is 12.2 Å². The van der Waals surface area contributed by atoms with Crippen LogP contribution < -0.4 is 0 Å². The maximum atomic E-state index is 11.3. The van der Waals surface area contributed by atoms with E-state index in [2.05, 4.69) is 0 Å². The van der Waals surface area contributed by atoms with Crippen LogP contribution in [-0.4, -0.2) is 30.7 Å². The van der Waals surface area contributed by atoms with E-state index in [4.69, 9.17) is 4.74 Å². The summed E-state index contributed by atoms with van der Waals surface area (Å²) in [6.45, 7) is 8.25. The summed E-state index contributed by atoms with van der Waals surface area (Å²) in [4.78, 5) is 12.8. The largest absolute Gasteiger partial charge is 0.447 e. The second-order valence-corrected chi connectivity index (χ2v) is 3.42. The summed E-state index contributed by atoms with van der Waals surface area (Å²) in [5, 5.41) is 0. The predicted molar refractivity (Wildman–Crippen MR) is 53.7 cm³/mol. The second-order valence-electron chi connectivity index (χ2n) is 3.42. The lowest BCUT2D eigenvalue weighted by Crippen LogP contribution is -2.30. The van der Waals surface area contributed by atoms with Gasteiger partial charge in [-0.1, -0.05) is 11.6 Å². The third-order valence-corrected chi connectivity index (χ3v) is 1.63. The summed E-state index contributed by atoms with van der Waals surface area (Å²) in [5.74, 6) is 0. The molecule has 0 aromatic carbocycles. The normalized spacial score (nSPS) is 11.7. The number of ether oxygens (including phenoxy) is 1. The number of rotatable bonds is 3. The van der Waals surface area contributed by atoms with Crippen LogP contribution in [-0.2, 0) is 4.74 Å². The van der Waals surface area contributed by atoms with Gasteiger partial charge in [-0.25, -0.2) is 4.79 Å². The Morgan fingerprint density at radius 2 is 2.08 bits per heavy atom. The van der Waals surface area contributed by atoms with Gasteiger partial charge in [0.25, 0.3) is 0 Å². The molecule has 0 spiro atoms. The van der Waals surface area contributed by atoms with E-state index >= 15 is 0 Å². The highest BCUT2D eigenvalue weighted by Gasteiger charge is 2.10. The van der Waals surface area contributed by atoms with Gasteiger partial charge in [-0.2, -0.15) is 0 Å². The van der Waals surface area contributed by atoms with Gasteiger partial charge in [-0.05, 0) is 27.7 Å². The van der Waals surface area contributed by atoms with E-state index in [1.807, 2.05) is 33.8 Å². The van der Waals surface area contributed by atoms with Crippen LogP contribution in [0.5, 0.6) is 0 Å². The summed E-state index contributed by atoms with van der Waals surface area (Å²) in [7, 11) is 1.73. The topological polar surface area (TPSA) is 29.5 Å². The van der Waals surface area contributed by atoms with Gasteiger partial charge < -0.3 is 9.64 Å². The molecule has 3 heteroatoms. The summed E-state index contributed by atoms with van der Waals surface area (Å²) >= 11 is 0. The zero-order chi connectivity index (χ0) is 10.4. The lowest BCUT2D eigenvalue weighted by molar-refractivity contribution is 0.0863. The molecule has 0 saturated heterocycles. The maximum absolute atomic E-state index is 11.3. The van der Waals surface area contributed by atoms with Crippen molar-refractivity contribution in [3.8, 4) is 0 Å². The van der Waals surface area contributed by atoms with Crippen LogP contribution >= 0.6 is 0 Å². The van der Waals surface area contributed by atoms with Gasteiger partial charge in [0, 0.05) is 13.6 Å². The Hall–Kier alpha value is -0.990. The number of amides is 1.